The zero-order valence-electron chi connectivity index (χ0n) is 15.0. The highest BCUT2D eigenvalue weighted by Crippen LogP contribution is 2.27. The van der Waals surface area contributed by atoms with Crippen molar-refractivity contribution in [2.75, 3.05) is 27.9 Å². The molecule has 0 aliphatic heterocycles. The lowest BCUT2D eigenvalue weighted by Crippen LogP contribution is -2.36. The first kappa shape index (κ1) is 19.1. The van der Waals surface area contributed by atoms with E-state index in [9.17, 15) is 9.59 Å². The first-order valence-electron chi connectivity index (χ1n) is 7.98. The fourth-order valence-electron chi connectivity index (χ4n) is 2.43. The summed E-state index contributed by atoms with van der Waals surface area (Å²) in [6.07, 6.45) is 0. The Labute approximate surface area is 152 Å². The molecule has 0 heterocycles. The summed E-state index contributed by atoms with van der Waals surface area (Å²) in [6.45, 7) is 0.131. The van der Waals surface area contributed by atoms with Crippen molar-refractivity contribution in [1.82, 2.24) is 10.6 Å². The monoisotopic (exact) mass is 358 g/mol. The molecule has 0 aliphatic carbocycles. The molecule has 138 valence electrons. The minimum atomic E-state index is -0.452. The van der Waals surface area contributed by atoms with E-state index in [2.05, 4.69) is 10.6 Å². The SMILES string of the molecule is COc1ccccc1CNC(=O)CNC(=O)c1c(OC)cccc1OC. The van der Waals surface area contributed by atoms with Gasteiger partial charge in [0.2, 0.25) is 5.91 Å². The number of hydrogen-bond donors (Lipinski definition) is 2. The van der Waals surface area contributed by atoms with Crippen LogP contribution in [-0.4, -0.2) is 39.7 Å². The van der Waals surface area contributed by atoms with Crippen LogP contribution in [0.3, 0.4) is 0 Å². The second-order valence-electron chi connectivity index (χ2n) is 5.31. The van der Waals surface area contributed by atoms with E-state index >= 15 is 0 Å². The summed E-state index contributed by atoms with van der Waals surface area (Å²) in [7, 11) is 4.50. The van der Waals surface area contributed by atoms with Gasteiger partial charge in [-0.3, -0.25) is 9.59 Å². The van der Waals surface area contributed by atoms with E-state index in [0.717, 1.165) is 5.56 Å². The number of hydrogen-bond acceptors (Lipinski definition) is 5. The first-order valence-corrected chi connectivity index (χ1v) is 7.98. The number of carbonyl (C=O) groups is 2. The van der Waals surface area contributed by atoms with Gasteiger partial charge in [0.15, 0.2) is 0 Å². The maximum atomic E-state index is 12.4. The zero-order valence-corrected chi connectivity index (χ0v) is 15.0. The minimum Gasteiger partial charge on any atom is -0.496 e. The number of benzene rings is 2. The number of ether oxygens (including phenoxy) is 3. The van der Waals surface area contributed by atoms with Gasteiger partial charge in [-0.15, -0.1) is 0 Å². The number of rotatable bonds is 8. The number of amides is 2. The van der Waals surface area contributed by atoms with Crippen molar-refractivity contribution in [3.8, 4) is 17.2 Å². The van der Waals surface area contributed by atoms with Gasteiger partial charge in [0.05, 0.1) is 27.9 Å². The van der Waals surface area contributed by atoms with E-state index < -0.39 is 5.91 Å². The summed E-state index contributed by atoms with van der Waals surface area (Å²) in [5.41, 5.74) is 1.09. The molecule has 2 aromatic carbocycles. The molecule has 0 saturated carbocycles. The van der Waals surface area contributed by atoms with E-state index in [1.807, 2.05) is 24.3 Å². The normalized spacial score (nSPS) is 9.96. The summed E-state index contributed by atoms with van der Waals surface area (Å²) < 4.78 is 15.6. The Bertz CT molecular complexity index is 754. The van der Waals surface area contributed by atoms with Crippen LogP contribution in [0.25, 0.3) is 0 Å². The molecule has 0 fully saturated rings. The highest BCUT2D eigenvalue weighted by atomic mass is 16.5. The maximum Gasteiger partial charge on any atom is 0.259 e. The standard InChI is InChI=1S/C19H22N2O5/c1-24-14-8-5-4-7-13(14)11-20-17(22)12-21-19(23)18-15(25-2)9-6-10-16(18)26-3/h4-10H,11-12H2,1-3H3,(H,20,22)(H,21,23). The van der Waals surface area contributed by atoms with Crippen LogP contribution in [0.2, 0.25) is 0 Å². The largest absolute Gasteiger partial charge is 0.496 e. The predicted octanol–water partition coefficient (Wildman–Crippen LogP) is 1.76. The molecule has 0 bridgehead atoms. The molecule has 0 spiro atoms. The molecule has 2 aromatic rings. The van der Waals surface area contributed by atoms with Crippen molar-refractivity contribution in [1.29, 1.82) is 0 Å². The molecule has 2 rings (SSSR count). The Morgan fingerprint density at radius 3 is 2.00 bits per heavy atom. The van der Waals surface area contributed by atoms with E-state index in [4.69, 9.17) is 14.2 Å². The predicted molar refractivity (Wildman–Crippen MR) is 96.7 cm³/mol. The van der Waals surface area contributed by atoms with E-state index in [-0.39, 0.29) is 18.0 Å². The molecule has 0 saturated heterocycles. The van der Waals surface area contributed by atoms with Crippen molar-refractivity contribution in [2.45, 2.75) is 6.54 Å². The summed E-state index contributed by atoms with van der Waals surface area (Å²) in [4.78, 5) is 24.4. The van der Waals surface area contributed by atoms with Gasteiger partial charge < -0.3 is 24.8 Å². The minimum absolute atomic E-state index is 0.171. The van der Waals surface area contributed by atoms with Gasteiger partial charge in [-0.25, -0.2) is 0 Å². The molecule has 26 heavy (non-hydrogen) atoms. The van der Waals surface area contributed by atoms with Crippen LogP contribution < -0.4 is 24.8 Å². The topological polar surface area (TPSA) is 85.9 Å². The lowest BCUT2D eigenvalue weighted by Gasteiger charge is -2.13. The summed E-state index contributed by atoms with van der Waals surface area (Å²) in [5.74, 6) is 0.660. The fraction of sp³-hybridized carbons (Fsp3) is 0.263. The van der Waals surface area contributed by atoms with Gasteiger partial charge in [0, 0.05) is 12.1 Å². The second kappa shape index (κ2) is 9.31. The van der Waals surface area contributed by atoms with Gasteiger partial charge in [-0.05, 0) is 18.2 Å². The van der Waals surface area contributed by atoms with Gasteiger partial charge in [-0.1, -0.05) is 24.3 Å². The Hall–Kier alpha value is -3.22. The van der Waals surface area contributed by atoms with Crippen molar-refractivity contribution in [3.63, 3.8) is 0 Å². The van der Waals surface area contributed by atoms with Crippen LogP contribution >= 0.6 is 0 Å². The second-order valence-corrected chi connectivity index (χ2v) is 5.31. The first-order chi connectivity index (χ1) is 12.6. The quantitative estimate of drug-likeness (QED) is 0.751. The average molecular weight is 358 g/mol. The highest BCUT2D eigenvalue weighted by molar-refractivity contribution is 6.01. The Morgan fingerprint density at radius 1 is 0.808 bits per heavy atom. The molecule has 7 nitrogen and oxygen atoms in total. The third-order valence-electron chi connectivity index (χ3n) is 3.73. The molecule has 0 radical (unpaired) electrons. The van der Waals surface area contributed by atoms with Crippen molar-refractivity contribution < 1.29 is 23.8 Å². The third kappa shape index (κ3) is 4.66. The molecule has 7 heteroatoms. The maximum absolute atomic E-state index is 12.4. The van der Waals surface area contributed by atoms with Gasteiger partial charge >= 0.3 is 0 Å². The highest BCUT2D eigenvalue weighted by Gasteiger charge is 2.18. The van der Waals surface area contributed by atoms with Gasteiger partial charge in [-0.2, -0.15) is 0 Å². The van der Waals surface area contributed by atoms with Crippen LogP contribution in [0, 0.1) is 0 Å². The summed E-state index contributed by atoms with van der Waals surface area (Å²) in [6, 6.07) is 12.4. The van der Waals surface area contributed by atoms with Crippen LogP contribution in [0.1, 0.15) is 15.9 Å². The van der Waals surface area contributed by atoms with E-state index in [0.29, 0.717) is 23.8 Å². The van der Waals surface area contributed by atoms with Crippen LogP contribution in [0.15, 0.2) is 42.5 Å². The molecule has 0 unspecified atom stereocenters. The number of para-hydroxylation sites is 1. The molecule has 2 amide bonds. The average Bonchev–Trinajstić information content (AvgIpc) is 2.69. The van der Waals surface area contributed by atoms with E-state index in [1.165, 1.54) is 14.2 Å². The van der Waals surface area contributed by atoms with Crippen LogP contribution in [0.5, 0.6) is 17.2 Å². The van der Waals surface area contributed by atoms with Crippen LogP contribution in [0.4, 0.5) is 0 Å². The summed E-state index contributed by atoms with van der Waals surface area (Å²) >= 11 is 0. The molecule has 0 aromatic heterocycles. The van der Waals surface area contributed by atoms with E-state index in [1.54, 1.807) is 25.3 Å². The number of carbonyl (C=O) groups excluding carboxylic acids is 2. The zero-order chi connectivity index (χ0) is 18.9. The fourth-order valence-corrected chi connectivity index (χ4v) is 2.43. The molecule has 2 N–H and O–H groups in total. The lowest BCUT2D eigenvalue weighted by atomic mass is 10.1. The number of nitrogens with one attached hydrogen (secondary N) is 2. The number of methoxy groups -OCH3 is 3. The molecular weight excluding hydrogens is 336 g/mol. The van der Waals surface area contributed by atoms with Crippen molar-refractivity contribution >= 4 is 11.8 Å². The Kier molecular flexibility index (Phi) is 6.84. The molecule has 0 aliphatic rings. The van der Waals surface area contributed by atoms with Crippen molar-refractivity contribution in [2.24, 2.45) is 0 Å². The van der Waals surface area contributed by atoms with Crippen LogP contribution in [-0.2, 0) is 11.3 Å². The molecule has 0 atom stereocenters. The summed E-state index contributed by atoms with van der Waals surface area (Å²) in [5, 5.41) is 5.31. The Balaban J connectivity index is 1.94. The smallest absolute Gasteiger partial charge is 0.259 e. The molecular formula is C19H22N2O5. The van der Waals surface area contributed by atoms with Gasteiger partial charge in [0.1, 0.15) is 22.8 Å². The van der Waals surface area contributed by atoms with Crippen molar-refractivity contribution in [3.05, 3.63) is 53.6 Å². The van der Waals surface area contributed by atoms with Gasteiger partial charge in [0.25, 0.3) is 5.91 Å². The lowest BCUT2D eigenvalue weighted by molar-refractivity contribution is -0.120. The third-order valence-corrected chi connectivity index (χ3v) is 3.73. The Morgan fingerprint density at radius 2 is 1.38 bits per heavy atom.